The fourth-order valence-corrected chi connectivity index (χ4v) is 1.71. The largest absolute Gasteiger partial charge is 0.463 e. The van der Waals surface area contributed by atoms with Crippen LogP contribution in [-0.2, 0) is 14.3 Å². The van der Waals surface area contributed by atoms with Crippen molar-refractivity contribution in [2.75, 3.05) is 0 Å². The van der Waals surface area contributed by atoms with E-state index in [-0.39, 0.29) is 12.1 Å². The first-order chi connectivity index (χ1) is 7.02. The Morgan fingerprint density at radius 2 is 2.13 bits per heavy atom. The van der Waals surface area contributed by atoms with Crippen molar-refractivity contribution in [3.8, 4) is 0 Å². The van der Waals surface area contributed by atoms with Gasteiger partial charge in [-0.3, -0.25) is 9.59 Å². The average Bonchev–Trinajstić information content (AvgIpc) is 2.16. The van der Waals surface area contributed by atoms with Gasteiger partial charge in [0.05, 0.1) is 17.9 Å². The Kier molecular flexibility index (Phi) is 3.88. The molecule has 15 heavy (non-hydrogen) atoms. The van der Waals surface area contributed by atoms with Crippen LogP contribution >= 0.6 is 0 Å². The highest BCUT2D eigenvalue weighted by Crippen LogP contribution is 2.25. The van der Waals surface area contributed by atoms with Gasteiger partial charge in [0, 0.05) is 0 Å². The summed E-state index contributed by atoms with van der Waals surface area (Å²) in [5, 5.41) is 0. The molecule has 1 aliphatic rings. The molecule has 0 heterocycles. The van der Waals surface area contributed by atoms with Crippen LogP contribution in [-0.4, -0.2) is 18.0 Å². The number of rotatable bonds is 3. The van der Waals surface area contributed by atoms with Crippen LogP contribution in [0.5, 0.6) is 0 Å². The number of esters is 1. The Balaban J connectivity index is 2.71. The van der Waals surface area contributed by atoms with Crippen LogP contribution in [0.25, 0.3) is 0 Å². The van der Waals surface area contributed by atoms with Gasteiger partial charge in [0.25, 0.3) is 0 Å². The van der Waals surface area contributed by atoms with Crippen LogP contribution in [0.3, 0.4) is 0 Å². The fourth-order valence-electron chi connectivity index (χ4n) is 1.71. The molecule has 4 heteroatoms. The first-order valence-corrected chi connectivity index (χ1v) is 5.19. The third kappa shape index (κ3) is 3.08. The maximum atomic E-state index is 11.6. The molecule has 4 nitrogen and oxygen atoms in total. The molecule has 0 fully saturated rings. The predicted molar refractivity (Wildman–Crippen MR) is 55.8 cm³/mol. The lowest BCUT2D eigenvalue weighted by atomic mass is 9.83. The smallest absolute Gasteiger partial charge is 0.313 e. The highest BCUT2D eigenvalue weighted by Gasteiger charge is 2.33. The second-order valence-corrected chi connectivity index (χ2v) is 4.03. The Bertz CT molecular complexity index is 284. The lowest BCUT2D eigenvalue weighted by molar-refractivity contribution is -0.154. The van der Waals surface area contributed by atoms with Gasteiger partial charge in [-0.2, -0.15) is 0 Å². The normalized spacial score (nSPS) is 25.3. The predicted octanol–water partition coefficient (Wildman–Crippen LogP) is 1.01. The van der Waals surface area contributed by atoms with Crippen LogP contribution < -0.4 is 5.73 Å². The second kappa shape index (κ2) is 4.96. The summed E-state index contributed by atoms with van der Waals surface area (Å²) in [5.74, 6) is -1.70. The average molecular weight is 211 g/mol. The minimum atomic E-state index is -0.501. The number of allylic oxidation sites excluding steroid dienone is 1. The summed E-state index contributed by atoms with van der Waals surface area (Å²) >= 11 is 0. The van der Waals surface area contributed by atoms with Crippen molar-refractivity contribution in [2.24, 2.45) is 17.6 Å². The Morgan fingerprint density at radius 1 is 1.47 bits per heavy atom. The van der Waals surface area contributed by atoms with Crippen LogP contribution in [0, 0.1) is 11.8 Å². The van der Waals surface area contributed by atoms with Gasteiger partial charge < -0.3 is 10.5 Å². The summed E-state index contributed by atoms with van der Waals surface area (Å²) < 4.78 is 5.07. The van der Waals surface area contributed by atoms with E-state index in [0.717, 1.165) is 6.42 Å². The zero-order valence-corrected chi connectivity index (χ0v) is 9.10. The zero-order chi connectivity index (χ0) is 11.4. The molecule has 1 amide bonds. The SMILES string of the molecule is CC(C)OC(=O)C1C=CCCC1C(N)=O. The quantitative estimate of drug-likeness (QED) is 0.559. The van der Waals surface area contributed by atoms with Crippen LogP contribution in [0.15, 0.2) is 12.2 Å². The molecule has 0 radical (unpaired) electrons. The van der Waals surface area contributed by atoms with Crippen LogP contribution in [0.4, 0.5) is 0 Å². The molecule has 84 valence electrons. The third-order valence-corrected chi connectivity index (χ3v) is 2.41. The molecule has 0 spiro atoms. The summed E-state index contributed by atoms with van der Waals surface area (Å²) in [6.07, 6.45) is 4.87. The molecule has 0 saturated heterocycles. The van der Waals surface area contributed by atoms with Gasteiger partial charge in [-0.1, -0.05) is 12.2 Å². The highest BCUT2D eigenvalue weighted by molar-refractivity contribution is 5.85. The van der Waals surface area contributed by atoms with Crippen LogP contribution in [0.2, 0.25) is 0 Å². The molecule has 0 aromatic carbocycles. The lowest BCUT2D eigenvalue weighted by Crippen LogP contribution is -2.36. The number of carbonyl (C=O) groups is 2. The monoisotopic (exact) mass is 211 g/mol. The van der Waals surface area contributed by atoms with Gasteiger partial charge in [0.1, 0.15) is 0 Å². The van der Waals surface area contributed by atoms with Crippen molar-refractivity contribution in [1.82, 2.24) is 0 Å². The van der Waals surface area contributed by atoms with Gasteiger partial charge in [0.15, 0.2) is 0 Å². The molecule has 1 aliphatic carbocycles. The fraction of sp³-hybridized carbons (Fsp3) is 0.636. The van der Waals surface area contributed by atoms with E-state index in [1.165, 1.54) is 0 Å². The van der Waals surface area contributed by atoms with Crippen LogP contribution in [0.1, 0.15) is 26.7 Å². The molecule has 2 unspecified atom stereocenters. The zero-order valence-electron chi connectivity index (χ0n) is 9.10. The highest BCUT2D eigenvalue weighted by atomic mass is 16.5. The van der Waals surface area contributed by atoms with E-state index in [4.69, 9.17) is 10.5 Å². The van der Waals surface area contributed by atoms with Crippen molar-refractivity contribution in [2.45, 2.75) is 32.8 Å². The summed E-state index contributed by atoms with van der Waals surface area (Å²) in [7, 11) is 0. The number of nitrogens with two attached hydrogens (primary N) is 1. The molecule has 0 aromatic rings. The molecule has 1 rings (SSSR count). The number of carbonyl (C=O) groups excluding carboxylic acids is 2. The molecular weight excluding hydrogens is 194 g/mol. The standard InChI is InChI=1S/C11H17NO3/c1-7(2)15-11(14)9-6-4-3-5-8(9)10(12)13/h4,6-9H,3,5H2,1-2H3,(H2,12,13). The first kappa shape index (κ1) is 11.8. The maximum Gasteiger partial charge on any atom is 0.313 e. The maximum absolute atomic E-state index is 11.6. The van der Waals surface area contributed by atoms with Gasteiger partial charge in [-0.05, 0) is 26.7 Å². The first-order valence-electron chi connectivity index (χ1n) is 5.19. The van der Waals surface area contributed by atoms with E-state index in [9.17, 15) is 9.59 Å². The van der Waals surface area contributed by atoms with E-state index in [1.54, 1.807) is 19.9 Å². The van der Waals surface area contributed by atoms with Crippen molar-refractivity contribution < 1.29 is 14.3 Å². The van der Waals surface area contributed by atoms with Crippen molar-refractivity contribution in [1.29, 1.82) is 0 Å². The van der Waals surface area contributed by atoms with Gasteiger partial charge >= 0.3 is 5.97 Å². The Labute approximate surface area is 89.5 Å². The molecule has 2 atom stereocenters. The van der Waals surface area contributed by atoms with E-state index < -0.39 is 17.7 Å². The second-order valence-electron chi connectivity index (χ2n) is 4.03. The number of hydrogen-bond donors (Lipinski definition) is 1. The summed E-state index contributed by atoms with van der Waals surface area (Å²) in [6.45, 7) is 3.56. The topological polar surface area (TPSA) is 69.4 Å². The number of primary amides is 1. The Morgan fingerprint density at radius 3 is 2.67 bits per heavy atom. The number of amides is 1. The molecular formula is C11H17NO3. The van der Waals surface area contributed by atoms with E-state index in [2.05, 4.69) is 0 Å². The number of hydrogen-bond acceptors (Lipinski definition) is 3. The van der Waals surface area contributed by atoms with Gasteiger partial charge in [-0.15, -0.1) is 0 Å². The van der Waals surface area contributed by atoms with Crippen molar-refractivity contribution in [3.05, 3.63) is 12.2 Å². The molecule has 0 aromatic heterocycles. The molecule has 2 N–H and O–H groups in total. The Hall–Kier alpha value is -1.32. The van der Waals surface area contributed by atoms with Crippen molar-refractivity contribution >= 4 is 11.9 Å². The third-order valence-electron chi connectivity index (χ3n) is 2.41. The van der Waals surface area contributed by atoms with E-state index in [1.807, 2.05) is 6.08 Å². The lowest BCUT2D eigenvalue weighted by Gasteiger charge is -2.24. The number of ether oxygens (including phenoxy) is 1. The summed E-state index contributed by atoms with van der Waals surface area (Å²) in [6, 6.07) is 0. The minimum Gasteiger partial charge on any atom is -0.463 e. The summed E-state index contributed by atoms with van der Waals surface area (Å²) in [5.41, 5.74) is 5.25. The van der Waals surface area contributed by atoms with E-state index in [0.29, 0.717) is 6.42 Å². The minimum absolute atomic E-state index is 0.165. The van der Waals surface area contributed by atoms with E-state index >= 15 is 0 Å². The van der Waals surface area contributed by atoms with Gasteiger partial charge in [-0.25, -0.2) is 0 Å². The van der Waals surface area contributed by atoms with Gasteiger partial charge in [0.2, 0.25) is 5.91 Å². The molecule has 0 aliphatic heterocycles. The molecule has 0 saturated carbocycles. The summed E-state index contributed by atoms with van der Waals surface area (Å²) in [4.78, 5) is 22.8. The molecule has 0 bridgehead atoms. The van der Waals surface area contributed by atoms with Crippen molar-refractivity contribution in [3.63, 3.8) is 0 Å².